The zero-order valence-electron chi connectivity index (χ0n) is 17.0. The minimum atomic E-state index is -3.72. The van der Waals surface area contributed by atoms with Gasteiger partial charge < -0.3 is 14.4 Å². The monoisotopic (exact) mass is 484 g/mol. The molecular weight excluding hydrogens is 463 g/mol. The predicted molar refractivity (Wildman–Crippen MR) is 120 cm³/mol. The molecule has 7 nitrogen and oxygen atoms in total. The summed E-state index contributed by atoms with van der Waals surface area (Å²) in [5, 5.41) is 0.782. The molecular formula is C21H22Cl2N2O5S. The summed E-state index contributed by atoms with van der Waals surface area (Å²) in [6, 6.07) is 9.63. The largest absolute Gasteiger partial charge is 0.493 e. The van der Waals surface area contributed by atoms with E-state index in [2.05, 4.69) is 0 Å². The summed E-state index contributed by atoms with van der Waals surface area (Å²) < 4.78 is 37.7. The number of sulfonamides is 1. The third-order valence-electron chi connectivity index (χ3n) is 4.93. The molecule has 0 N–H and O–H groups in total. The quantitative estimate of drug-likeness (QED) is 0.585. The summed E-state index contributed by atoms with van der Waals surface area (Å²) in [5.74, 6) is 0.560. The Morgan fingerprint density at radius 1 is 1.00 bits per heavy atom. The Morgan fingerprint density at radius 3 is 2.32 bits per heavy atom. The lowest BCUT2D eigenvalue weighted by Gasteiger charge is -2.33. The van der Waals surface area contributed by atoms with Gasteiger partial charge in [-0.3, -0.25) is 4.79 Å². The number of benzene rings is 2. The summed E-state index contributed by atoms with van der Waals surface area (Å²) in [5.41, 5.74) is 0.636. The molecule has 1 aliphatic rings. The molecule has 1 heterocycles. The molecule has 1 amide bonds. The Morgan fingerprint density at radius 2 is 1.68 bits per heavy atom. The van der Waals surface area contributed by atoms with E-state index in [0.29, 0.717) is 27.1 Å². The molecule has 3 rings (SSSR count). The minimum absolute atomic E-state index is 0.112. The van der Waals surface area contributed by atoms with Crippen molar-refractivity contribution < 1.29 is 22.7 Å². The SMILES string of the molecule is COc1ccc(S(=O)(=O)N2CCN(C(=O)/C=C/c3cccc(Cl)c3Cl)CC2)cc1OC. The van der Waals surface area contributed by atoms with E-state index in [4.69, 9.17) is 32.7 Å². The maximum Gasteiger partial charge on any atom is 0.246 e. The second-order valence-corrected chi connectivity index (χ2v) is 9.45. The number of amides is 1. The number of hydrogen-bond acceptors (Lipinski definition) is 5. The third-order valence-corrected chi connectivity index (χ3v) is 7.66. The van der Waals surface area contributed by atoms with Gasteiger partial charge in [-0.05, 0) is 29.8 Å². The van der Waals surface area contributed by atoms with Gasteiger partial charge in [-0.1, -0.05) is 35.3 Å². The number of carbonyl (C=O) groups is 1. The number of carbonyl (C=O) groups excluding carboxylic acids is 1. The second kappa shape index (κ2) is 9.91. The number of piperazine rings is 1. The first-order valence-electron chi connectivity index (χ1n) is 9.41. The van der Waals surface area contributed by atoms with Crippen LogP contribution in [0.2, 0.25) is 10.0 Å². The van der Waals surface area contributed by atoms with Gasteiger partial charge in [0.1, 0.15) is 0 Å². The van der Waals surface area contributed by atoms with E-state index in [1.807, 2.05) is 0 Å². The lowest BCUT2D eigenvalue weighted by molar-refractivity contribution is -0.127. The van der Waals surface area contributed by atoms with Gasteiger partial charge in [-0.25, -0.2) is 8.42 Å². The van der Waals surface area contributed by atoms with Gasteiger partial charge in [-0.2, -0.15) is 4.31 Å². The molecule has 0 unspecified atom stereocenters. The van der Waals surface area contributed by atoms with E-state index in [-0.39, 0.29) is 37.0 Å². The van der Waals surface area contributed by atoms with E-state index >= 15 is 0 Å². The van der Waals surface area contributed by atoms with E-state index in [0.717, 1.165) is 0 Å². The Hall–Kier alpha value is -2.26. The van der Waals surface area contributed by atoms with E-state index in [1.165, 1.54) is 36.7 Å². The van der Waals surface area contributed by atoms with Crippen LogP contribution in [0.25, 0.3) is 6.08 Å². The maximum absolute atomic E-state index is 13.0. The molecule has 0 aromatic heterocycles. The lowest BCUT2D eigenvalue weighted by atomic mass is 10.2. The molecule has 2 aromatic carbocycles. The fourth-order valence-electron chi connectivity index (χ4n) is 3.19. The van der Waals surface area contributed by atoms with Crippen molar-refractivity contribution in [3.8, 4) is 11.5 Å². The number of nitrogens with zero attached hydrogens (tertiary/aromatic N) is 2. The maximum atomic E-state index is 13.0. The van der Waals surface area contributed by atoms with Gasteiger partial charge >= 0.3 is 0 Å². The van der Waals surface area contributed by atoms with Crippen LogP contribution in [0, 0.1) is 0 Å². The third kappa shape index (κ3) is 5.15. The van der Waals surface area contributed by atoms with Crippen LogP contribution >= 0.6 is 23.2 Å². The highest BCUT2D eigenvalue weighted by atomic mass is 35.5. The van der Waals surface area contributed by atoms with Crippen LogP contribution in [-0.4, -0.2) is 63.9 Å². The summed E-state index contributed by atoms with van der Waals surface area (Å²) in [6.07, 6.45) is 3.01. The highest BCUT2D eigenvalue weighted by Crippen LogP contribution is 2.31. The molecule has 31 heavy (non-hydrogen) atoms. The van der Waals surface area contributed by atoms with Crippen LogP contribution < -0.4 is 9.47 Å². The molecule has 0 aliphatic carbocycles. The molecule has 1 fully saturated rings. The number of rotatable bonds is 6. The van der Waals surface area contributed by atoms with Crippen LogP contribution in [0.15, 0.2) is 47.4 Å². The van der Waals surface area contributed by atoms with Crippen molar-refractivity contribution in [3.63, 3.8) is 0 Å². The first-order chi connectivity index (χ1) is 14.8. The number of hydrogen-bond donors (Lipinski definition) is 0. The first-order valence-corrected chi connectivity index (χ1v) is 11.6. The minimum Gasteiger partial charge on any atom is -0.493 e. The van der Waals surface area contributed by atoms with Crippen LogP contribution in [0.1, 0.15) is 5.56 Å². The molecule has 2 aromatic rings. The predicted octanol–water partition coefficient (Wildman–Crippen LogP) is 3.56. The molecule has 0 saturated carbocycles. The molecule has 0 spiro atoms. The zero-order valence-corrected chi connectivity index (χ0v) is 19.4. The Bertz CT molecular complexity index is 1100. The molecule has 0 bridgehead atoms. The number of halogens is 2. The van der Waals surface area contributed by atoms with Gasteiger partial charge in [-0.15, -0.1) is 0 Å². The normalized spacial score (nSPS) is 15.3. The van der Waals surface area contributed by atoms with E-state index < -0.39 is 10.0 Å². The fraction of sp³-hybridized carbons (Fsp3) is 0.286. The van der Waals surface area contributed by atoms with Crippen molar-refractivity contribution in [2.24, 2.45) is 0 Å². The Balaban J connectivity index is 1.66. The van der Waals surface area contributed by atoms with Gasteiger partial charge in [0, 0.05) is 38.3 Å². The topological polar surface area (TPSA) is 76.2 Å². The Kier molecular flexibility index (Phi) is 7.48. The van der Waals surface area contributed by atoms with Crippen molar-refractivity contribution in [2.75, 3.05) is 40.4 Å². The molecule has 0 atom stereocenters. The fourth-order valence-corrected chi connectivity index (χ4v) is 5.00. The van der Waals surface area contributed by atoms with Crippen LogP contribution in [0.5, 0.6) is 11.5 Å². The van der Waals surface area contributed by atoms with Crippen molar-refractivity contribution in [2.45, 2.75) is 4.90 Å². The van der Waals surface area contributed by atoms with Crippen LogP contribution in [0.3, 0.4) is 0 Å². The van der Waals surface area contributed by atoms with Gasteiger partial charge in [0.2, 0.25) is 15.9 Å². The van der Waals surface area contributed by atoms with Crippen molar-refractivity contribution in [1.29, 1.82) is 0 Å². The summed E-state index contributed by atoms with van der Waals surface area (Å²) in [4.78, 5) is 14.2. The first kappa shape index (κ1) is 23.4. The average Bonchev–Trinajstić information content (AvgIpc) is 2.79. The van der Waals surface area contributed by atoms with Gasteiger partial charge in [0.05, 0.1) is 29.2 Å². The highest BCUT2D eigenvalue weighted by Gasteiger charge is 2.30. The number of ether oxygens (including phenoxy) is 2. The zero-order chi connectivity index (χ0) is 22.6. The van der Waals surface area contributed by atoms with Gasteiger partial charge in [0.25, 0.3) is 0 Å². The summed E-state index contributed by atoms with van der Waals surface area (Å²) in [6.45, 7) is 0.931. The Labute approximate surface area is 191 Å². The molecule has 1 saturated heterocycles. The highest BCUT2D eigenvalue weighted by molar-refractivity contribution is 7.89. The smallest absolute Gasteiger partial charge is 0.246 e. The van der Waals surface area contributed by atoms with Gasteiger partial charge in [0.15, 0.2) is 11.5 Å². The van der Waals surface area contributed by atoms with Crippen LogP contribution in [-0.2, 0) is 14.8 Å². The average molecular weight is 485 g/mol. The molecule has 0 radical (unpaired) electrons. The standard InChI is InChI=1S/C21H22Cl2N2O5S/c1-29-18-8-7-16(14-19(18)30-2)31(27,28)25-12-10-24(11-13-25)20(26)9-6-15-4-3-5-17(22)21(15)23/h3-9,14H,10-13H2,1-2H3/b9-6+. The lowest BCUT2D eigenvalue weighted by Crippen LogP contribution is -2.50. The molecule has 10 heteroatoms. The van der Waals surface area contributed by atoms with Crippen molar-refractivity contribution in [3.05, 3.63) is 58.1 Å². The molecule has 1 aliphatic heterocycles. The van der Waals surface area contributed by atoms with Crippen molar-refractivity contribution >= 4 is 45.2 Å². The van der Waals surface area contributed by atoms with Crippen molar-refractivity contribution in [1.82, 2.24) is 9.21 Å². The number of methoxy groups -OCH3 is 2. The van der Waals surface area contributed by atoms with E-state index in [9.17, 15) is 13.2 Å². The summed E-state index contributed by atoms with van der Waals surface area (Å²) >= 11 is 12.1. The van der Waals surface area contributed by atoms with E-state index in [1.54, 1.807) is 35.2 Å². The second-order valence-electron chi connectivity index (χ2n) is 6.72. The molecule has 166 valence electrons. The van der Waals surface area contributed by atoms with Crippen LogP contribution in [0.4, 0.5) is 0 Å². The summed E-state index contributed by atoms with van der Waals surface area (Å²) in [7, 11) is -0.794.